The summed E-state index contributed by atoms with van der Waals surface area (Å²) in [5.74, 6) is 0.505. The van der Waals surface area contributed by atoms with E-state index in [1.54, 1.807) is 28.6 Å². The minimum atomic E-state index is -0.627. The van der Waals surface area contributed by atoms with Crippen LogP contribution in [0, 0.1) is 5.92 Å². The Kier molecular flexibility index (Phi) is 10.4. The molecular formula is C40H37N5O4S. The number of aliphatic hydroxyl groups is 1. The predicted octanol–water partition coefficient (Wildman–Crippen LogP) is 7.34. The summed E-state index contributed by atoms with van der Waals surface area (Å²) in [5, 5.41) is 25.8. The number of hydrogen-bond acceptors (Lipinski definition) is 8. The number of para-hydroxylation sites is 1. The second kappa shape index (κ2) is 15.6. The van der Waals surface area contributed by atoms with Gasteiger partial charge < -0.3 is 19.9 Å². The van der Waals surface area contributed by atoms with Gasteiger partial charge in [0.05, 0.1) is 24.5 Å². The smallest absolute Gasteiger partial charge is 0.251 e. The van der Waals surface area contributed by atoms with E-state index in [-0.39, 0.29) is 30.6 Å². The van der Waals surface area contributed by atoms with Gasteiger partial charge in [0, 0.05) is 29.3 Å². The van der Waals surface area contributed by atoms with Crippen molar-refractivity contribution in [3.63, 3.8) is 0 Å². The second-order valence-electron chi connectivity index (χ2n) is 12.2. The highest BCUT2D eigenvalue weighted by Crippen LogP contribution is 2.43. The number of thioether (sulfide) groups is 1. The normalized spacial score (nSPS) is 18.8. The second-order valence-corrected chi connectivity index (χ2v) is 13.2. The number of carbonyl (C=O) groups is 1. The summed E-state index contributed by atoms with van der Waals surface area (Å²) in [5.41, 5.74) is 7.33. The van der Waals surface area contributed by atoms with Crippen LogP contribution in [-0.2, 0) is 22.6 Å². The number of rotatable bonds is 11. The van der Waals surface area contributed by atoms with E-state index in [4.69, 9.17) is 9.47 Å². The van der Waals surface area contributed by atoms with E-state index in [2.05, 4.69) is 52.0 Å². The zero-order valence-electron chi connectivity index (χ0n) is 27.5. The molecule has 2 heterocycles. The summed E-state index contributed by atoms with van der Waals surface area (Å²) in [7, 11) is 0. The van der Waals surface area contributed by atoms with Crippen molar-refractivity contribution in [2.45, 2.75) is 43.7 Å². The van der Waals surface area contributed by atoms with E-state index in [0.29, 0.717) is 23.0 Å². The topological polar surface area (TPSA) is 111 Å². The van der Waals surface area contributed by atoms with Crippen LogP contribution in [0.4, 0.5) is 0 Å². The van der Waals surface area contributed by atoms with Gasteiger partial charge in [-0.05, 0) is 74.6 Å². The molecule has 1 amide bonds. The fourth-order valence-corrected chi connectivity index (χ4v) is 7.12. The highest BCUT2D eigenvalue weighted by atomic mass is 32.2. The molecule has 0 spiro atoms. The zero-order chi connectivity index (χ0) is 34.3. The molecule has 1 aromatic heterocycles. The molecule has 2 N–H and O–H groups in total. The quantitative estimate of drug-likeness (QED) is 0.137. The van der Waals surface area contributed by atoms with E-state index >= 15 is 0 Å². The summed E-state index contributed by atoms with van der Waals surface area (Å²) < 4.78 is 15.2. The summed E-state index contributed by atoms with van der Waals surface area (Å²) >= 11 is 1.55. The highest BCUT2D eigenvalue weighted by molar-refractivity contribution is 7.99. The molecule has 1 aliphatic rings. The van der Waals surface area contributed by atoms with E-state index in [1.165, 1.54) is 0 Å². The van der Waals surface area contributed by atoms with Crippen molar-refractivity contribution >= 4 is 17.7 Å². The molecule has 5 aromatic carbocycles. The number of nitrogens with one attached hydrogen (secondary N) is 1. The largest absolute Gasteiger partial charge is 0.392 e. The first kappa shape index (κ1) is 33.4. The van der Waals surface area contributed by atoms with Crippen molar-refractivity contribution < 1.29 is 19.4 Å². The third kappa shape index (κ3) is 7.69. The number of tetrazole rings is 1. The van der Waals surface area contributed by atoms with Gasteiger partial charge in [-0.2, -0.15) is 4.68 Å². The molecule has 1 aliphatic heterocycles. The standard InChI is InChI=1S/C40H37N5O4S/c1-27-36(26-50-40-42-43-44-45(40)35-16-6-3-7-17-35)48-39(49-37(27)30-20-18-28(25-46)19-21-30)34-15-9-14-33(23-34)32-13-8-10-29(22-32)24-41-38(47)31-11-4-2-5-12-31/h2-23,27,36-37,39,46H,24-26H2,1H3,(H,41,47)/t27-,36+,37+,39+/m1/s1. The highest BCUT2D eigenvalue weighted by Gasteiger charge is 2.38. The van der Waals surface area contributed by atoms with Gasteiger partial charge in [-0.25, -0.2) is 0 Å². The number of aromatic nitrogens is 4. The lowest BCUT2D eigenvalue weighted by Crippen LogP contribution is -2.38. The van der Waals surface area contributed by atoms with Crippen molar-refractivity contribution in [3.05, 3.63) is 161 Å². The lowest BCUT2D eigenvalue weighted by Gasteiger charge is -2.41. The molecule has 6 aromatic rings. The molecule has 50 heavy (non-hydrogen) atoms. The molecule has 1 fully saturated rings. The molecule has 4 atom stereocenters. The number of carbonyl (C=O) groups excluding carboxylic acids is 1. The summed E-state index contributed by atoms with van der Waals surface area (Å²) in [6, 6.07) is 43.3. The van der Waals surface area contributed by atoms with Gasteiger partial charge in [0.25, 0.3) is 5.91 Å². The van der Waals surface area contributed by atoms with Gasteiger partial charge in [-0.15, -0.1) is 5.10 Å². The van der Waals surface area contributed by atoms with Crippen LogP contribution >= 0.6 is 11.8 Å². The Morgan fingerprint density at radius 1 is 0.800 bits per heavy atom. The van der Waals surface area contributed by atoms with Gasteiger partial charge in [0.15, 0.2) is 6.29 Å². The van der Waals surface area contributed by atoms with Crippen molar-refractivity contribution in [1.29, 1.82) is 0 Å². The summed E-state index contributed by atoms with van der Waals surface area (Å²) in [6.07, 6.45) is -1.07. The molecular weight excluding hydrogens is 647 g/mol. The summed E-state index contributed by atoms with van der Waals surface area (Å²) in [4.78, 5) is 12.6. The first-order valence-corrected chi connectivity index (χ1v) is 17.5. The minimum Gasteiger partial charge on any atom is -0.392 e. The van der Waals surface area contributed by atoms with E-state index in [9.17, 15) is 9.90 Å². The van der Waals surface area contributed by atoms with Crippen LogP contribution in [0.15, 0.2) is 139 Å². The van der Waals surface area contributed by atoms with Gasteiger partial charge in [0.1, 0.15) is 0 Å². The number of nitrogens with zero attached hydrogens (tertiary/aromatic N) is 4. The monoisotopic (exact) mass is 683 g/mol. The lowest BCUT2D eigenvalue weighted by atomic mass is 9.91. The molecule has 252 valence electrons. The van der Waals surface area contributed by atoms with E-state index in [1.807, 2.05) is 97.1 Å². The van der Waals surface area contributed by atoms with Crippen LogP contribution in [0.3, 0.4) is 0 Å². The van der Waals surface area contributed by atoms with Crippen LogP contribution in [0.25, 0.3) is 16.8 Å². The molecule has 10 heteroatoms. The fraction of sp³-hybridized carbons (Fsp3) is 0.200. The Hall–Kier alpha value is -5.13. The maximum absolute atomic E-state index is 12.6. The maximum Gasteiger partial charge on any atom is 0.251 e. The Balaban J connectivity index is 1.12. The van der Waals surface area contributed by atoms with Crippen LogP contribution < -0.4 is 5.32 Å². The van der Waals surface area contributed by atoms with Crippen molar-refractivity contribution in [2.24, 2.45) is 5.92 Å². The van der Waals surface area contributed by atoms with E-state index < -0.39 is 6.29 Å². The van der Waals surface area contributed by atoms with Gasteiger partial charge >= 0.3 is 0 Å². The van der Waals surface area contributed by atoms with Gasteiger partial charge in [0.2, 0.25) is 5.16 Å². The van der Waals surface area contributed by atoms with Crippen LogP contribution in [0.2, 0.25) is 0 Å². The van der Waals surface area contributed by atoms with Gasteiger partial charge in [-0.1, -0.05) is 116 Å². The van der Waals surface area contributed by atoms with E-state index in [0.717, 1.165) is 39.1 Å². The van der Waals surface area contributed by atoms with Crippen molar-refractivity contribution in [3.8, 4) is 16.8 Å². The molecule has 0 unspecified atom stereocenters. The number of amides is 1. The fourth-order valence-electron chi connectivity index (χ4n) is 6.07. The van der Waals surface area contributed by atoms with Crippen molar-refractivity contribution in [1.82, 2.24) is 25.5 Å². The van der Waals surface area contributed by atoms with Crippen LogP contribution in [-0.4, -0.2) is 43.1 Å². The lowest BCUT2D eigenvalue weighted by molar-refractivity contribution is -0.268. The Morgan fingerprint density at radius 3 is 2.28 bits per heavy atom. The number of hydrogen-bond donors (Lipinski definition) is 2. The average molecular weight is 684 g/mol. The minimum absolute atomic E-state index is 0.00532. The molecule has 0 bridgehead atoms. The Morgan fingerprint density at radius 2 is 1.52 bits per heavy atom. The third-order valence-corrected chi connectivity index (χ3v) is 9.86. The molecule has 0 aliphatic carbocycles. The SMILES string of the molecule is C[C@@H]1[C@H](CSc2nnnn2-c2ccccc2)O[C@H](c2cccc(-c3cccc(CNC(=O)c4ccccc4)c3)c2)O[C@@H]1c1ccc(CO)cc1. The first-order chi connectivity index (χ1) is 24.6. The summed E-state index contributed by atoms with van der Waals surface area (Å²) in [6.45, 7) is 2.54. The number of benzene rings is 5. The molecule has 0 radical (unpaired) electrons. The zero-order valence-corrected chi connectivity index (χ0v) is 28.3. The molecule has 7 rings (SSSR count). The molecule has 9 nitrogen and oxygen atoms in total. The number of ether oxygens (including phenoxy) is 2. The predicted molar refractivity (Wildman–Crippen MR) is 192 cm³/mol. The van der Waals surface area contributed by atoms with Crippen molar-refractivity contribution in [2.75, 3.05) is 5.75 Å². The maximum atomic E-state index is 12.6. The number of aliphatic hydroxyl groups excluding tert-OH is 1. The average Bonchev–Trinajstić information content (AvgIpc) is 3.66. The molecule has 1 saturated heterocycles. The Labute approximate surface area is 295 Å². The first-order valence-electron chi connectivity index (χ1n) is 16.6. The molecule has 0 saturated carbocycles. The Bertz CT molecular complexity index is 2020. The third-order valence-electron chi connectivity index (χ3n) is 8.85. The van der Waals surface area contributed by atoms with Crippen LogP contribution in [0.5, 0.6) is 0 Å². The van der Waals surface area contributed by atoms with Crippen LogP contribution in [0.1, 0.15) is 51.9 Å². The van der Waals surface area contributed by atoms with Gasteiger partial charge in [-0.3, -0.25) is 4.79 Å².